The van der Waals surface area contributed by atoms with Gasteiger partial charge in [0.15, 0.2) is 0 Å². The summed E-state index contributed by atoms with van der Waals surface area (Å²) in [5.41, 5.74) is 9.30. The van der Waals surface area contributed by atoms with Gasteiger partial charge in [-0.05, 0) is 74.7 Å². The maximum absolute atomic E-state index is 13.8. The number of aryl methyl sites for hydroxylation is 1. The lowest BCUT2D eigenvalue weighted by atomic mass is 9.80. The van der Waals surface area contributed by atoms with Crippen LogP contribution < -0.4 is 5.32 Å². The fourth-order valence-corrected chi connectivity index (χ4v) is 4.45. The summed E-state index contributed by atoms with van der Waals surface area (Å²) in [7, 11) is 1.94. The highest BCUT2D eigenvalue weighted by molar-refractivity contribution is 5.67. The van der Waals surface area contributed by atoms with Gasteiger partial charge in [-0.15, -0.1) is 12.3 Å². The van der Waals surface area contributed by atoms with Gasteiger partial charge in [-0.25, -0.2) is 4.39 Å². The number of allylic oxidation sites excluding steroid dienone is 6. The summed E-state index contributed by atoms with van der Waals surface area (Å²) in [5.74, 6) is -0.0506. The molecule has 1 aliphatic carbocycles. The Morgan fingerprint density at radius 2 is 2.06 bits per heavy atom. The Balaban J connectivity index is 2.00. The van der Waals surface area contributed by atoms with Gasteiger partial charge in [-0.1, -0.05) is 48.6 Å². The molecule has 0 amide bonds. The van der Waals surface area contributed by atoms with Crippen molar-refractivity contribution >= 4 is 0 Å². The number of aromatic nitrogens is 1. The number of halogens is 1. The molecule has 0 bridgehead atoms. The van der Waals surface area contributed by atoms with Crippen molar-refractivity contribution in [1.29, 1.82) is 5.26 Å². The van der Waals surface area contributed by atoms with E-state index in [9.17, 15) is 9.65 Å². The lowest BCUT2D eigenvalue weighted by Gasteiger charge is -2.27. The van der Waals surface area contributed by atoms with Crippen LogP contribution in [0.15, 0.2) is 103 Å². The van der Waals surface area contributed by atoms with Gasteiger partial charge in [0.05, 0.1) is 17.3 Å². The van der Waals surface area contributed by atoms with E-state index in [-0.39, 0.29) is 17.7 Å². The Morgan fingerprint density at radius 1 is 1.26 bits per heavy atom. The summed E-state index contributed by atoms with van der Waals surface area (Å²) in [5, 5.41) is 12.9. The van der Waals surface area contributed by atoms with Crippen LogP contribution in [0.2, 0.25) is 0 Å². The number of nitrogens with one attached hydrogen (secondary N) is 1. The molecule has 2 atom stereocenters. The molecule has 3 rings (SSSR count). The smallest absolute Gasteiger partial charge is 0.124 e. The third-order valence-corrected chi connectivity index (χ3v) is 6.23. The number of benzene rings is 1. The van der Waals surface area contributed by atoms with E-state index in [1.807, 2.05) is 44.3 Å². The molecule has 0 saturated carbocycles. The zero-order chi connectivity index (χ0) is 25.2. The standard InChI is InChI=1S/C31H32FN3/c1-5-26(29(21-34-4)22(2)3)28-17-18-31(27-15-9-7-13-24(27)20-33)35-30(28)16-10-12-23-11-6-8-14-25(32)19-23/h5-9,13-15,17-19,26,29,34H,1-2,10,12,16,21H2,3-4H3. The van der Waals surface area contributed by atoms with Crippen LogP contribution >= 0.6 is 0 Å². The lowest BCUT2D eigenvalue weighted by molar-refractivity contribution is 0.517. The minimum absolute atomic E-state index is 0.0428. The first kappa shape index (κ1) is 25.8. The van der Waals surface area contributed by atoms with Crippen LogP contribution in [-0.2, 0) is 6.42 Å². The van der Waals surface area contributed by atoms with Crippen molar-refractivity contribution in [2.24, 2.45) is 5.92 Å². The molecular weight excluding hydrogens is 433 g/mol. The molecule has 0 saturated heterocycles. The molecule has 0 radical (unpaired) electrons. The van der Waals surface area contributed by atoms with Gasteiger partial charge in [-0.2, -0.15) is 5.26 Å². The van der Waals surface area contributed by atoms with Crippen molar-refractivity contribution in [3.05, 3.63) is 119 Å². The molecule has 1 N–H and O–H groups in total. The predicted octanol–water partition coefficient (Wildman–Crippen LogP) is 7.13. The van der Waals surface area contributed by atoms with Crippen molar-refractivity contribution in [2.75, 3.05) is 13.6 Å². The molecule has 3 nitrogen and oxygen atoms in total. The molecule has 35 heavy (non-hydrogen) atoms. The average molecular weight is 466 g/mol. The van der Waals surface area contributed by atoms with Crippen LogP contribution in [0.3, 0.4) is 0 Å². The summed E-state index contributed by atoms with van der Waals surface area (Å²) in [6.45, 7) is 11.2. The first-order valence-corrected chi connectivity index (χ1v) is 11.9. The van der Waals surface area contributed by atoms with Crippen LogP contribution in [-0.4, -0.2) is 18.6 Å². The van der Waals surface area contributed by atoms with E-state index in [2.05, 4.69) is 36.3 Å². The molecular formula is C31H32FN3. The number of rotatable bonds is 11. The summed E-state index contributed by atoms with van der Waals surface area (Å²) in [6, 6.07) is 13.9. The topological polar surface area (TPSA) is 48.7 Å². The van der Waals surface area contributed by atoms with Gasteiger partial charge < -0.3 is 5.32 Å². The Bertz CT molecular complexity index is 1250. The largest absolute Gasteiger partial charge is 0.319 e. The van der Waals surface area contributed by atoms with E-state index in [1.165, 1.54) is 12.2 Å². The van der Waals surface area contributed by atoms with Gasteiger partial charge in [0, 0.05) is 29.6 Å². The molecule has 2 aromatic rings. The zero-order valence-electron chi connectivity index (χ0n) is 20.5. The molecule has 4 heteroatoms. The van der Waals surface area contributed by atoms with E-state index in [0.29, 0.717) is 18.4 Å². The van der Waals surface area contributed by atoms with Gasteiger partial charge in [-0.3, -0.25) is 4.98 Å². The highest BCUT2D eigenvalue weighted by atomic mass is 19.1. The molecule has 2 unspecified atom stereocenters. The molecule has 0 fully saturated rings. The van der Waals surface area contributed by atoms with Crippen molar-refractivity contribution in [1.82, 2.24) is 10.3 Å². The van der Waals surface area contributed by atoms with Crippen LogP contribution in [0.5, 0.6) is 0 Å². The highest BCUT2D eigenvalue weighted by Crippen LogP contribution is 2.34. The second-order valence-electron chi connectivity index (χ2n) is 8.74. The van der Waals surface area contributed by atoms with Crippen molar-refractivity contribution in [3.63, 3.8) is 0 Å². The van der Waals surface area contributed by atoms with Crippen LogP contribution in [0, 0.1) is 17.2 Å². The van der Waals surface area contributed by atoms with Gasteiger partial charge >= 0.3 is 0 Å². The second-order valence-corrected chi connectivity index (χ2v) is 8.74. The summed E-state index contributed by atoms with van der Waals surface area (Å²) < 4.78 is 13.8. The number of nitriles is 1. The summed E-state index contributed by atoms with van der Waals surface area (Å²) in [6.07, 6.45) is 10.5. The number of hydrogen-bond donors (Lipinski definition) is 1. The molecule has 1 aromatic heterocycles. The highest BCUT2D eigenvalue weighted by Gasteiger charge is 2.24. The van der Waals surface area contributed by atoms with E-state index in [0.717, 1.165) is 46.6 Å². The normalized spacial score (nSPS) is 14.3. The van der Waals surface area contributed by atoms with Crippen LogP contribution in [0.25, 0.3) is 11.3 Å². The Labute approximate surface area is 208 Å². The number of hydrogen-bond acceptors (Lipinski definition) is 3. The van der Waals surface area contributed by atoms with E-state index < -0.39 is 0 Å². The van der Waals surface area contributed by atoms with Crippen LogP contribution in [0.1, 0.15) is 42.5 Å². The Hall–Kier alpha value is -3.77. The van der Waals surface area contributed by atoms with E-state index >= 15 is 0 Å². The SMILES string of the molecule is C=CC(c1ccc(-c2ccccc2C#N)nc1CCCC1=C=CC=CC(F)=C1)C(CNC)C(=C)C. The van der Waals surface area contributed by atoms with E-state index in [4.69, 9.17) is 4.98 Å². The fourth-order valence-electron chi connectivity index (χ4n) is 4.45. The van der Waals surface area contributed by atoms with Crippen LogP contribution in [0.4, 0.5) is 4.39 Å². The second kappa shape index (κ2) is 12.6. The first-order valence-electron chi connectivity index (χ1n) is 11.9. The third-order valence-electron chi connectivity index (χ3n) is 6.23. The third kappa shape index (κ3) is 6.64. The molecule has 0 aliphatic heterocycles. The van der Waals surface area contributed by atoms with Crippen molar-refractivity contribution < 1.29 is 4.39 Å². The monoisotopic (exact) mass is 465 g/mol. The maximum atomic E-state index is 13.8. The number of nitrogens with zero attached hydrogens (tertiary/aromatic N) is 2. The molecule has 1 aromatic carbocycles. The lowest BCUT2D eigenvalue weighted by Crippen LogP contribution is -2.25. The van der Waals surface area contributed by atoms with Gasteiger partial charge in [0.25, 0.3) is 0 Å². The summed E-state index contributed by atoms with van der Waals surface area (Å²) >= 11 is 0. The fraction of sp³-hybridized carbons (Fsp3) is 0.258. The minimum atomic E-state index is -0.266. The Kier molecular flexibility index (Phi) is 9.32. The van der Waals surface area contributed by atoms with Gasteiger partial charge in [0.2, 0.25) is 0 Å². The minimum Gasteiger partial charge on any atom is -0.319 e. The molecule has 178 valence electrons. The van der Waals surface area contributed by atoms with Crippen molar-refractivity contribution in [2.45, 2.75) is 32.1 Å². The quantitative estimate of drug-likeness (QED) is 0.284. The maximum Gasteiger partial charge on any atom is 0.124 e. The summed E-state index contributed by atoms with van der Waals surface area (Å²) in [4.78, 5) is 5.05. The molecule has 1 heterocycles. The van der Waals surface area contributed by atoms with E-state index in [1.54, 1.807) is 18.2 Å². The molecule has 1 aliphatic rings. The first-order chi connectivity index (χ1) is 17.0. The number of pyridine rings is 1. The predicted molar refractivity (Wildman–Crippen MR) is 142 cm³/mol. The van der Waals surface area contributed by atoms with Gasteiger partial charge in [0.1, 0.15) is 5.83 Å². The average Bonchev–Trinajstić information content (AvgIpc) is 3.08. The van der Waals surface area contributed by atoms with Crippen molar-refractivity contribution in [3.8, 4) is 17.3 Å². The zero-order valence-corrected chi connectivity index (χ0v) is 20.5. The molecule has 0 spiro atoms. The Morgan fingerprint density at radius 3 is 2.77 bits per heavy atom.